The van der Waals surface area contributed by atoms with Crippen LogP contribution in [0.2, 0.25) is 0 Å². The van der Waals surface area contributed by atoms with Crippen LogP contribution in [0.1, 0.15) is 16.7 Å². The van der Waals surface area contributed by atoms with E-state index in [2.05, 4.69) is 104 Å². The third-order valence-electron chi connectivity index (χ3n) is 4.28. The maximum Gasteiger partial charge on any atom is 0.234 e. The molecule has 0 bridgehead atoms. The fourth-order valence-electron chi connectivity index (χ4n) is 2.46. The van der Waals surface area contributed by atoms with Gasteiger partial charge in [0.15, 0.2) is 10.2 Å². The number of hydrogen-bond acceptors (Lipinski definition) is 3. The maximum absolute atomic E-state index is 6.14. The van der Waals surface area contributed by atoms with Crippen molar-refractivity contribution in [1.82, 2.24) is 0 Å². The first kappa shape index (κ1) is 22.1. The van der Waals surface area contributed by atoms with Crippen LogP contribution in [0.3, 0.4) is 0 Å². The molecule has 3 aromatic rings. The number of benzene rings is 3. The van der Waals surface area contributed by atoms with Crippen molar-refractivity contribution in [2.24, 2.45) is 0 Å². The van der Waals surface area contributed by atoms with E-state index in [1.165, 1.54) is 16.7 Å². The largest absolute Gasteiger partial charge is 0.373 e. The molecule has 0 heterocycles. The van der Waals surface area contributed by atoms with E-state index >= 15 is 0 Å². The molecule has 0 aliphatic rings. The Morgan fingerprint density at radius 2 is 0.759 bits per heavy atom. The van der Waals surface area contributed by atoms with E-state index in [1.807, 2.05) is 0 Å². The molecule has 0 spiro atoms. The van der Waals surface area contributed by atoms with Crippen molar-refractivity contribution >= 4 is 55.1 Å². The highest BCUT2D eigenvalue weighted by molar-refractivity contribution is 6.50. The lowest BCUT2D eigenvalue weighted by molar-refractivity contribution is -0.182. The topological polar surface area (TPSA) is 27.7 Å². The van der Waals surface area contributed by atoms with Gasteiger partial charge in [0.2, 0.25) is 34.9 Å². The van der Waals surface area contributed by atoms with Crippen molar-refractivity contribution in [2.75, 3.05) is 0 Å². The van der Waals surface area contributed by atoms with Crippen LogP contribution >= 0.6 is 0 Å². The Kier molecular flexibility index (Phi) is 7.96. The fourth-order valence-corrected chi connectivity index (χ4v) is 5.57. The van der Waals surface area contributed by atoms with Crippen molar-refractivity contribution in [2.45, 2.75) is 26.4 Å². The van der Waals surface area contributed by atoms with Gasteiger partial charge >= 0.3 is 0 Å². The zero-order valence-electron chi connectivity index (χ0n) is 16.9. The summed E-state index contributed by atoms with van der Waals surface area (Å²) in [6, 6.07) is 25.1. The Balaban J connectivity index is 1.66. The molecular formula is C22H24O3Si4. The highest BCUT2D eigenvalue weighted by Gasteiger charge is 2.27. The predicted molar refractivity (Wildman–Crippen MR) is 126 cm³/mol. The summed E-state index contributed by atoms with van der Waals surface area (Å²) in [7, 11) is 2.30. The Morgan fingerprint density at radius 3 is 1.00 bits per heavy atom. The minimum Gasteiger partial charge on any atom is -0.373 e. The molecular weight excluding hydrogens is 425 g/mol. The average molecular weight is 449 g/mol. The first-order valence-corrected chi connectivity index (χ1v) is 13.0. The van der Waals surface area contributed by atoms with Gasteiger partial charge in [-0.05, 0) is 36.3 Å². The van der Waals surface area contributed by atoms with Crippen molar-refractivity contribution in [3.8, 4) is 0 Å². The molecule has 0 saturated carbocycles. The van der Waals surface area contributed by atoms with Crippen molar-refractivity contribution < 1.29 is 13.3 Å². The minimum absolute atomic E-state index is 0.453. The van der Waals surface area contributed by atoms with Crippen LogP contribution in [0.15, 0.2) is 72.8 Å². The molecule has 0 atom stereocenters. The van der Waals surface area contributed by atoms with Crippen LogP contribution in [-0.2, 0) is 13.3 Å². The summed E-state index contributed by atoms with van der Waals surface area (Å²) in [5.41, 5.74) is 2.47. The molecule has 0 unspecified atom stereocenters. The normalized spacial score (nSPS) is 11.6. The second-order valence-electron chi connectivity index (χ2n) is 7.00. The molecule has 0 amide bonds. The van der Waals surface area contributed by atoms with Gasteiger partial charge in [-0.2, -0.15) is 0 Å². The van der Waals surface area contributed by atoms with Crippen LogP contribution < -0.4 is 15.6 Å². The van der Waals surface area contributed by atoms with Crippen molar-refractivity contribution in [3.63, 3.8) is 0 Å². The summed E-state index contributed by atoms with van der Waals surface area (Å²) in [5, 5.41) is 3.46. The summed E-state index contributed by atoms with van der Waals surface area (Å²) in [4.78, 5) is 0. The zero-order chi connectivity index (χ0) is 20.7. The van der Waals surface area contributed by atoms with Gasteiger partial charge in [0.05, 0.1) is 0 Å². The minimum atomic E-state index is -1.24. The summed E-state index contributed by atoms with van der Waals surface area (Å²) < 4.78 is 18.4. The molecule has 0 saturated heterocycles. The van der Waals surface area contributed by atoms with Gasteiger partial charge in [0.1, 0.15) is 0 Å². The fraction of sp³-hybridized carbons (Fsp3) is 0.182. The smallest absolute Gasteiger partial charge is 0.234 e. The molecule has 29 heavy (non-hydrogen) atoms. The average Bonchev–Trinajstić information content (AvgIpc) is 2.73. The van der Waals surface area contributed by atoms with Crippen LogP contribution in [0.4, 0.5) is 0 Å². The molecule has 3 rings (SSSR count). The van der Waals surface area contributed by atoms with Crippen LogP contribution in [0.25, 0.3) is 0 Å². The molecule has 0 fully saturated rings. The standard InChI is InChI=1S/C22H24O3Si4/c1-16-4-10-19(11-5-16)27-23-22(26,24-28-20-12-6-17(2)7-13-20)25-29-21-14-8-18(3)9-15-21/h4-15,27-29H,1-3H3. The van der Waals surface area contributed by atoms with E-state index in [4.69, 9.17) is 13.3 Å². The molecule has 7 heteroatoms. The zero-order valence-corrected chi connectivity index (χ0v) is 21.3. The lowest BCUT2D eigenvalue weighted by atomic mass is 10.2. The molecule has 0 aromatic heterocycles. The molecule has 3 aromatic carbocycles. The van der Waals surface area contributed by atoms with E-state index in [-0.39, 0.29) is 0 Å². The lowest BCUT2D eigenvalue weighted by Crippen LogP contribution is -2.48. The quantitative estimate of drug-likeness (QED) is 0.358. The van der Waals surface area contributed by atoms with Crippen molar-refractivity contribution in [1.29, 1.82) is 0 Å². The predicted octanol–water partition coefficient (Wildman–Crippen LogP) is 0.772. The van der Waals surface area contributed by atoms with E-state index in [9.17, 15) is 0 Å². The highest BCUT2D eigenvalue weighted by Crippen LogP contribution is 2.09. The second kappa shape index (κ2) is 10.4. The molecule has 0 aliphatic heterocycles. The summed E-state index contributed by atoms with van der Waals surface area (Å²) in [6.07, 6.45) is 0. The molecule has 3 nitrogen and oxygen atoms in total. The van der Waals surface area contributed by atoms with Crippen LogP contribution in [0, 0.1) is 20.8 Å². The van der Waals surface area contributed by atoms with Gasteiger partial charge in [-0.1, -0.05) is 89.5 Å². The van der Waals surface area contributed by atoms with Gasteiger partial charge in [-0.15, -0.1) is 0 Å². The molecule has 0 aliphatic carbocycles. The summed E-state index contributed by atoms with van der Waals surface area (Å²) >= 11 is 0. The van der Waals surface area contributed by atoms with Gasteiger partial charge in [-0.25, -0.2) is 0 Å². The van der Waals surface area contributed by atoms with Gasteiger partial charge < -0.3 is 13.3 Å². The van der Waals surface area contributed by atoms with Crippen LogP contribution in [-0.4, -0.2) is 45.1 Å². The Morgan fingerprint density at radius 1 is 0.517 bits per heavy atom. The molecule has 0 N–H and O–H groups in total. The van der Waals surface area contributed by atoms with Gasteiger partial charge in [-0.3, -0.25) is 0 Å². The molecule has 6 radical (unpaired) electrons. The van der Waals surface area contributed by atoms with E-state index in [0.29, 0.717) is 0 Å². The summed E-state index contributed by atoms with van der Waals surface area (Å²) in [6.45, 7) is 6.24. The monoisotopic (exact) mass is 448 g/mol. The second-order valence-corrected chi connectivity index (χ2v) is 11.0. The van der Waals surface area contributed by atoms with E-state index in [1.54, 1.807) is 0 Å². The lowest BCUT2D eigenvalue weighted by Gasteiger charge is -2.31. The number of hydrogen-bond donors (Lipinski definition) is 0. The highest BCUT2D eigenvalue weighted by atomic mass is 28.2. The first-order chi connectivity index (χ1) is 13.9. The van der Waals surface area contributed by atoms with Crippen LogP contribution in [0.5, 0.6) is 0 Å². The van der Waals surface area contributed by atoms with E-state index < -0.39 is 34.9 Å². The third kappa shape index (κ3) is 7.30. The Bertz CT molecular complexity index is 776. The van der Waals surface area contributed by atoms with Crippen molar-refractivity contribution in [3.05, 3.63) is 89.5 Å². The number of aryl methyl sites for hydroxylation is 3. The van der Waals surface area contributed by atoms with Gasteiger partial charge in [0, 0.05) is 0 Å². The number of rotatable bonds is 9. The Hall–Kier alpha value is -1.59. The first-order valence-electron chi connectivity index (χ1n) is 9.40. The van der Waals surface area contributed by atoms with E-state index in [0.717, 1.165) is 15.6 Å². The Labute approximate surface area is 184 Å². The molecule has 146 valence electrons. The maximum atomic E-state index is 6.14. The SMILES string of the molecule is Cc1ccc([SiH]OC([Si])(O[SiH]c2ccc(C)cc2)O[SiH]c2ccc(C)cc2)cc1. The third-order valence-corrected chi connectivity index (χ3v) is 8.60. The van der Waals surface area contributed by atoms with Gasteiger partial charge in [0.25, 0.3) is 0 Å². The summed E-state index contributed by atoms with van der Waals surface area (Å²) in [5.74, 6) is 0.